The van der Waals surface area contributed by atoms with Crippen LogP contribution >= 0.6 is 11.8 Å². The van der Waals surface area contributed by atoms with E-state index in [1.165, 1.54) is 22.9 Å². The number of thioether (sulfide) groups is 1. The molecule has 2 rings (SSSR count). The van der Waals surface area contributed by atoms with E-state index in [2.05, 4.69) is 29.6 Å². The van der Waals surface area contributed by atoms with E-state index in [1.807, 2.05) is 6.92 Å². The molecule has 0 radical (unpaired) electrons. The number of rotatable bonds is 7. The number of hydrogen-bond acceptors (Lipinski definition) is 3. The number of carbonyl (C=O) groups is 2. The second-order valence-corrected chi connectivity index (χ2v) is 6.97. The van der Waals surface area contributed by atoms with Crippen LogP contribution in [0.1, 0.15) is 28.4 Å². The van der Waals surface area contributed by atoms with Crippen LogP contribution in [0.3, 0.4) is 0 Å². The minimum absolute atomic E-state index is 0.178. The average Bonchev–Trinajstić information content (AvgIpc) is 2.57. The molecule has 1 amide bonds. The van der Waals surface area contributed by atoms with E-state index in [-0.39, 0.29) is 5.91 Å². The topological polar surface area (TPSA) is 66.4 Å². The standard InChI is InChI=1S/C19H21NO3S/c1-13-7-9-15(10-8-13)11-12-20-18(21)16-5-3-4-6-17(16)24-14(2)19(22)23/h3-10,14H,11-12H2,1-2H3,(H,20,21)(H,22,23). The summed E-state index contributed by atoms with van der Waals surface area (Å²) in [7, 11) is 0. The molecular formula is C19H21NO3S. The second kappa shape index (κ2) is 8.55. The van der Waals surface area contributed by atoms with Gasteiger partial charge in [-0.2, -0.15) is 0 Å². The number of aliphatic carboxylic acids is 1. The predicted molar refractivity (Wildman–Crippen MR) is 96.6 cm³/mol. The van der Waals surface area contributed by atoms with Gasteiger partial charge in [0.05, 0.1) is 5.56 Å². The van der Waals surface area contributed by atoms with Gasteiger partial charge in [-0.25, -0.2) is 0 Å². The van der Waals surface area contributed by atoms with Gasteiger partial charge in [-0.15, -0.1) is 11.8 Å². The molecule has 0 bridgehead atoms. The van der Waals surface area contributed by atoms with Crippen LogP contribution in [0.15, 0.2) is 53.4 Å². The molecular weight excluding hydrogens is 322 g/mol. The van der Waals surface area contributed by atoms with E-state index in [1.54, 1.807) is 31.2 Å². The van der Waals surface area contributed by atoms with Crippen LogP contribution in [-0.2, 0) is 11.2 Å². The Balaban J connectivity index is 1.96. The fourth-order valence-electron chi connectivity index (χ4n) is 2.17. The maximum absolute atomic E-state index is 12.4. The highest BCUT2D eigenvalue weighted by Gasteiger charge is 2.17. The van der Waals surface area contributed by atoms with Crippen molar-refractivity contribution in [1.82, 2.24) is 5.32 Å². The lowest BCUT2D eigenvalue weighted by Gasteiger charge is -2.12. The molecule has 0 aliphatic heterocycles. The number of carboxylic acid groups (broad SMARTS) is 1. The third-order valence-corrected chi connectivity index (χ3v) is 4.77. The average molecular weight is 343 g/mol. The van der Waals surface area contributed by atoms with Crippen LogP contribution < -0.4 is 5.32 Å². The normalized spacial score (nSPS) is 11.8. The van der Waals surface area contributed by atoms with Gasteiger partial charge >= 0.3 is 5.97 Å². The van der Waals surface area contributed by atoms with Crippen LogP contribution in [0.2, 0.25) is 0 Å². The van der Waals surface area contributed by atoms with Crippen LogP contribution in [-0.4, -0.2) is 28.8 Å². The summed E-state index contributed by atoms with van der Waals surface area (Å²) in [5.74, 6) is -1.07. The summed E-state index contributed by atoms with van der Waals surface area (Å²) in [6.07, 6.45) is 0.757. The van der Waals surface area contributed by atoms with Gasteiger partial charge in [0, 0.05) is 11.4 Å². The summed E-state index contributed by atoms with van der Waals surface area (Å²) in [6.45, 7) is 4.19. The molecule has 0 aliphatic carbocycles. The Morgan fingerprint density at radius 2 is 1.79 bits per heavy atom. The zero-order valence-corrected chi connectivity index (χ0v) is 14.6. The molecule has 2 aromatic rings. The van der Waals surface area contributed by atoms with Crippen molar-refractivity contribution >= 4 is 23.6 Å². The molecule has 0 spiro atoms. The van der Waals surface area contributed by atoms with Gasteiger partial charge in [-0.05, 0) is 38.0 Å². The summed E-state index contributed by atoms with van der Waals surface area (Å²) < 4.78 is 0. The first kappa shape index (κ1) is 18.1. The molecule has 0 heterocycles. The van der Waals surface area contributed by atoms with Crippen molar-refractivity contribution in [3.8, 4) is 0 Å². The van der Waals surface area contributed by atoms with E-state index in [9.17, 15) is 9.59 Å². The third-order valence-electron chi connectivity index (χ3n) is 3.60. The number of benzene rings is 2. The van der Waals surface area contributed by atoms with Crippen molar-refractivity contribution in [3.63, 3.8) is 0 Å². The summed E-state index contributed by atoms with van der Waals surface area (Å²) in [5.41, 5.74) is 2.89. The lowest BCUT2D eigenvalue weighted by Crippen LogP contribution is -2.26. The highest BCUT2D eigenvalue weighted by Crippen LogP contribution is 2.26. The Labute approximate surface area is 146 Å². The molecule has 5 heteroatoms. The van der Waals surface area contributed by atoms with Crippen molar-refractivity contribution in [1.29, 1.82) is 0 Å². The van der Waals surface area contributed by atoms with Crippen molar-refractivity contribution < 1.29 is 14.7 Å². The first-order valence-corrected chi connectivity index (χ1v) is 8.67. The SMILES string of the molecule is Cc1ccc(CCNC(=O)c2ccccc2SC(C)C(=O)O)cc1. The largest absolute Gasteiger partial charge is 0.480 e. The Morgan fingerprint density at radius 1 is 1.12 bits per heavy atom. The molecule has 0 saturated carbocycles. The molecule has 0 saturated heterocycles. The number of amides is 1. The lowest BCUT2D eigenvalue weighted by atomic mass is 10.1. The summed E-state index contributed by atoms with van der Waals surface area (Å²) in [4.78, 5) is 24.1. The van der Waals surface area contributed by atoms with Gasteiger partial charge in [-0.3, -0.25) is 9.59 Å². The van der Waals surface area contributed by atoms with E-state index in [4.69, 9.17) is 5.11 Å². The zero-order chi connectivity index (χ0) is 17.5. The Morgan fingerprint density at radius 3 is 2.46 bits per heavy atom. The summed E-state index contributed by atoms with van der Waals surface area (Å²) in [5, 5.41) is 11.3. The summed E-state index contributed by atoms with van der Waals surface area (Å²) in [6, 6.07) is 15.3. The van der Waals surface area contributed by atoms with Crippen molar-refractivity contribution in [2.24, 2.45) is 0 Å². The van der Waals surface area contributed by atoms with E-state index in [0.717, 1.165) is 6.42 Å². The van der Waals surface area contributed by atoms with Gasteiger partial charge in [0.15, 0.2) is 0 Å². The molecule has 2 aromatic carbocycles. The Hall–Kier alpha value is -2.27. The van der Waals surface area contributed by atoms with Crippen LogP contribution in [0.25, 0.3) is 0 Å². The molecule has 0 aromatic heterocycles. The molecule has 0 aliphatic rings. The molecule has 126 valence electrons. The zero-order valence-electron chi connectivity index (χ0n) is 13.8. The van der Waals surface area contributed by atoms with Gasteiger partial charge in [0.1, 0.15) is 5.25 Å². The van der Waals surface area contributed by atoms with Gasteiger partial charge in [0.25, 0.3) is 5.91 Å². The van der Waals surface area contributed by atoms with Crippen LogP contribution in [0.4, 0.5) is 0 Å². The number of hydrogen-bond donors (Lipinski definition) is 2. The Kier molecular flexibility index (Phi) is 6.44. The maximum Gasteiger partial charge on any atom is 0.316 e. The van der Waals surface area contributed by atoms with E-state index < -0.39 is 11.2 Å². The lowest BCUT2D eigenvalue weighted by molar-refractivity contribution is -0.136. The minimum atomic E-state index is -0.894. The van der Waals surface area contributed by atoms with E-state index in [0.29, 0.717) is 17.0 Å². The van der Waals surface area contributed by atoms with Gasteiger partial charge in [0.2, 0.25) is 0 Å². The van der Waals surface area contributed by atoms with Crippen molar-refractivity contribution in [3.05, 3.63) is 65.2 Å². The molecule has 0 fully saturated rings. The summed E-state index contributed by atoms with van der Waals surface area (Å²) >= 11 is 1.18. The van der Waals surface area contributed by atoms with E-state index >= 15 is 0 Å². The number of carboxylic acids is 1. The first-order valence-electron chi connectivity index (χ1n) is 7.79. The van der Waals surface area contributed by atoms with Crippen molar-refractivity contribution in [2.75, 3.05) is 6.54 Å². The smallest absolute Gasteiger partial charge is 0.316 e. The number of nitrogens with one attached hydrogen (secondary N) is 1. The third kappa shape index (κ3) is 5.13. The highest BCUT2D eigenvalue weighted by molar-refractivity contribution is 8.00. The predicted octanol–water partition coefficient (Wildman–Crippen LogP) is 3.53. The molecule has 1 atom stereocenters. The second-order valence-electron chi connectivity index (χ2n) is 5.59. The fraction of sp³-hybridized carbons (Fsp3) is 0.263. The molecule has 2 N–H and O–H groups in total. The quantitative estimate of drug-likeness (QED) is 0.755. The van der Waals surface area contributed by atoms with Crippen LogP contribution in [0.5, 0.6) is 0 Å². The fourth-order valence-corrected chi connectivity index (χ4v) is 3.09. The van der Waals surface area contributed by atoms with Crippen molar-refractivity contribution in [2.45, 2.75) is 30.4 Å². The van der Waals surface area contributed by atoms with Crippen LogP contribution in [0, 0.1) is 6.92 Å². The maximum atomic E-state index is 12.4. The highest BCUT2D eigenvalue weighted by atomic mass is 32.2. The first-order chi connectivity index (χ1) is 11.5. The van der Waals surface area contributed by atoms with Gasteiger partial charge < -0.3 is 10.4 Å². The number of aryl methyl sites for hydroxylation is 1. The molecule has 24 heavy (non-hydrogen) atoms. The number of carbonyl (C=O) groups excluding carboxylic acids is 1. The van der Waals surface area contributed by atoms with Gasteiger partial charge in [-0.1, -0.05) is 42.0 Å². The minimum Gasteiger partial charge on any atom is -0.480 e. The molecule has 4 nitrogen and oxygen atoms in total. The molecule has 1 unspecified atom stereocenters. The monoisotopic (exact) mass is 343 g/mol. The Bertz CT molecular complexity index is 713.